The van der Waals surface area contributed by atoms with Crippen LogP contribution in [0.4, 0.5) is 0 Å². The van der Waals surface area contributed by atoms with E-state index in [1.807, 2.05) is 33.3 Å². The molecule has 0 spiro atoms. The van der Waals surface area contributed by atoms with Crippen molar-refractivity contribution in [2.45, 2.75) is 277 Å². The predicted octanol–water partition coefficient (Wildman–Crippen LogP) is 17.9. The number of ether oxygens (including phenoxy) is 1. The van der Waals surface area contributed by atoms with E-state index in [2.05, 4.69) is 74.7 Å². The second kappa shape index (κ2) is 51.2. The van der Waals surface area contributed by atoms with Gasteiger partial charge in [-0.2, -0.15) is 0 Å². The summed E-state index contributed by atoms with van der Waals surface area (Å²) < 4.78 is 30.6. The van der Waals surface area contributed by atoms with Gasteiger partial charge in [0.2, 0.25) is 5.91 Å². The monoisotopic (exact) mass is 1020 g/mol. The lowest BCUT2D eigenvalue weighted by Crippen LogP contribution is -2.47. The van der Waals surface area contributed by atoms with Crippen molar-refractivity contribution in [3.05, 3.63) is 60.8 Å². The smallest absolute Gasteiger partial charge is 0.456 e. The van der Waals surface area contributed by atoms with E-state index in [-0.39, 0.29) is 31.5 Å². The molecule has 0 aliphatic carbocycles. The number of nitrogens with one attached hydrogen (secondary N) is 1. The van der Waals surface area contributed by atoms with Crippen molar-refractivity contribution in [2.75, 3.05) is 40.9 Å². The third-order valence-corrected chi connectivity index (χ3v) is 13.9. The molecule has 3 unspecified atom stereocenters. The highest BCUT2D eigenvalue weighted by Gasteiger charge is 2.30. The molecule has 10 heteroatoms. The van der Waals surface area contributed by atoms with Crippen LogP contribution in [0, 0.1) is 0 Å². The third kappa shape index (κ3) is 52.4. The number of esters is 1. The fraction of sp³-hybridized carbons (Fsp3) is 0.803. The highest BCUT2D eigenvalue weighted by Crippen LogP contribution is 2.43. The predicted molar refractivity (Wildman–Crippen MR) is 305 cm³/mol. The summed E-state index contributed by atoms with van der Waals surface area (Å²) in [6.07, 6.45) is 63.6. The number of carbonyl (C=O) groups is 2. The maximum absolute atomic E-state index is 13.5. The minimum absolute atomic E-state index is 0.0350. The Bertz CT molecular complexity index is 1400. The molecular formula is C61H114N2O7P+. The number of quaternary nitrogens is 1. The molecule has 0 fully saturated rings. The average molecular weight is 1020 g/mol. The molecule has 0 radical (unpaired) electrons. The molecule has 0 heterocycles. The largest absolute Gasteiger partial charge is 0.472 e. The highest BCUT2D eigenvalue weighted by atomic mass is 31.2. The van der Waals surface area contributed by atoms with E-state index in [4.69, 9.17) is 13.8 Å². The summed E-state index contributed by atoms with van der Waals surface area (Å²) in [7, 11) is 1.48. The van der Waals surface area contributed by atoms with E-state index < -0.39 is 20.0 Å². The first-order valence-corrected chi connectivity index (χ1v) is 31.1. The van der Waals surface area contributed by atoms with Crippen LogP contribution in [0.2, 0.25) is 0 Å². The molecule has 0 aromatic carbocycles. The molecule has 414 valence electrons. The van der Waals surface area contributed by atoms with Crippen molar-refractivity contribution in [3.63, 3.8) is 0 Å². The van der Waals surface area contributed by atoms with Gasteiger partial charge in [0.25, 0.3) is 0 Å². The Morgan fingerprint density at radius 2 is 0.901 bits per heavy atom. The Balaban J connectivity index is 5.31. The molecule has 0 rings (SSSR count). The van der Waals surface area contributed by atoms with Gasteiger partial charge in [0, 0.05) is 12.8 Å². The van der Waals surface area contributed by atoms with Crippen molar-refractivity contribution in [3.8, 4) is 0 Å². The van der Waals surface area contributed by atoms with Crippen molar-refractivity contribution >= 4 is 19.7 Å². The molecule has 0 saturated heterocycles. The van der Waals surface area contributed by atoms with Crippen LogP contribution in [-0.4, -0.2) is 74.3 Å². The molecule has 0 bridgehead atoms. The van der Waals surface area contributed by atoms with Gasteiger partial charge in [-0.05, 0) is 89.5 Å². The van der Waals surface area contributed by atoms with Crippen LogP contribution in [0.25, 0.3) is 0 Å². The van der Waals surface area contributed by atoms with Crippen LogP contribution in [-0.2, 0) is 27.9 Å². The summed E-state index contributed by atoms with van der Waals surface area (Å²) in [6.45, 7) is 6.88. The Morgan fingerprint density at radius 1 is 0.507 bits per heavy atom. The first-order valence-electron chi connectivity index (χ1n) is 29.6. The zero-order chi connectivity index (χ0) is 52.2. The maximum atomic E-state index is 13.5. The number of allylic oxidation sites excluding steroid dienone is 9. The van der Waals surface area contributed by atoms with E-state index >= 15 is 0 Å². The second-order valence-corrected chi connectivity index (χ2v) is 22.6. The second-order valence-electron chi connectivity index (χ2n) is 21.1. The normalized spacial score (nSPS) is 14.2. The van der Waals surface area contributed by atoms with Crippen LogP contribution in [0.1, 0.15) is 265 Å². The Hall–Kier alpha value is -2.29. The Kier molecular flexibility index (Phi) is 49.6. The topological polar surface area (TPSA) is 111 Å². The summed E-state index contributed by atoms with van der Waals surface area (Å²) in [6, 6.07) is -0.858. The summed E-state index contributed by atoms with van der Waals surface area (Å²) in [5.41, 5.74) is 0. The van der Waals surface area contributed by atoms with Crippen LogP contribution >= 0.6 is 7.82 Å². The van der Waals surface area contributed by atoms with Crippen molar-refractivity contribution < 1.29 is 37.3 Å². The number of phosphoric acid groups is 1. The minimum atomic E-state index is -4.45. The molecule has 2 N–H and O–H groups in total. The van der Waals surface area contributed by atoms with Gasteiger partial charge >= 0.3 is 13.8 Å². The van der Waals surface area contributed by atoms with E-state index in [0.717, 1.165) is 83.5 Å². The minimum Gasteiger partial charge on any atom is -0.456 e. The van der Waals surface area contributed by atoms with Gasteiger partial charge in [-0.15, -0.1) is 0 Å². The number of nitrogens with zero attached hydrogens (tertiary/aromatic N) is 1. The van der Waals surface area contributed by atoms with Crippen LogP contribution in [0.15, 0.2) is 60.8 Å². The Labute approximate surface area is 439 Å². The van der Waals surface area contributed by atoms with Crippen molar-refractivity contribution in [2.24, 2.45) is 0 Å². The summed E-state index contributed by atoms with van der Waals surface area (Å²) in [5.74, 6) is -0.531. The zero-order valence-corrected chi connectivity index (χ0v) is 48.1. The van der Waals surface area contributed by atoms with Gasteiger partial charge in [-0.3, -0.25) is 18.6 Å². The number of unbranched alkanes of at least 4 members (excludes halogenated alkanes) is 29. The van der Waals surface area contributed by atoms with E-state index in [9.17, 15) is 19.0 Å². The molecule has 0 saturated carbocycles. The van der Waals surface area contributed by atoms with Crippen molar-refractivity contribution in [1.82, 2.24) is 5.32 Å². The maximum Gasteiger partial charge on any atom is 0.472 e. The molecule has 0 aromatic rings. The van der Waals surface area contributed by atoms with Gasteiger partial charge in [0.05, 0.1) is 33.8 Å². The zero-order valence-electron chi connectivity index (χ0n) is 47.2. The van der Waals surface area contributed by atoms with E-state index in [1.165, 1.54) is 141 Å². The fourth-order valence-electron chi connectivity index (χ4n) is 8.36. The number of phosphoric ester groups is 1. The fourth-order valence-corrected chi connectivity index (χ4v) is 9.10. The SMILES string of the molecule is CC/C=C/C/C=C/C/C=C/CCCCCCC(=O)OC(/C=C\CCCCCCCCCCCC)C(COP(=O)(O)OCC[N+](C)(C)C)NC(=O)CCCCCCCCCCC/C=C/CCCCCCCC. The summed E-state index contributed by atoms with van der Waals surface area (Å²) in [5, 5.41) is 3.05. The van der Waals surface area contributed by atoms with Crippen LogP contribution in [0.3, 0.4) is 0 Å². The molecular weight excluding hydrogens is 904 g/mol. The lowest BCUT2D eigenvalue weighted by atomic mass is 10.0. The summed E-state index contributed by atoms with van der Waals surface area (Å²) in [4.78, 5) is 37.6. The third-order valence-electron chi connectivity index (χ3n) is 12.9. The van der Waals surface area contributed by atoms with Crippen LogP contribution < -0.4 is 5.32 Å². The molecule has 0 aromatic heterocycles. The van der Waals surface area contributed by atoms with Gasteiger partial charge in [-0.1, -0.05) is 223 Å². The lowest BCUT2D eigenvalue weighted by Gasteiger charge is -2.27. The molecule has 0 aliphatic heterocycles. The number of hydrogen-bond donors (Lipinski definition) is 2. The molecule has 9 nitrogen and oxygen atoms in total. The quantitative estimate of drug-likeness (QED) is 0.0205. The number of carbonyl (C=O) groups excluding carboxylic acids is 2. The number of rotatable bonds is 53. The van der Waals surface area contributed by atoms with Crippen LogP contribution in [0.5, 0.6) is 0 Å². The van der Waals surface area contributed by atoms with Gasteiger partial charge in [0.15, 0.2) is 0 Å². The Morgan fingerprint density at radius 3 is 1.37 bits per heavy atom. The molecule has 71 heavy (non-hydrogen) atoms. The van der Waals surface area contributed by atoms with Gasteiger partial charge in [-0.25, -0.2) is 4.57 Å². The number of likely N-dealkylation sites (N-methyl/N-ethyl adjacent to an activating group) is 1. The lowest BCUT2D eigenvalue weighted by molar-refractivity contribution is -0.870. The standard InChI is InChI=1S/C61H113N2O7P/c1-7-10-13-16-19-22-25-28-30-31-32-33-34-35-38-41-44-47-50-53-60(64)62-58(57-69-71(66,67)68-56-55-63(4,5)6)59(52-49-46-43-40-37-27-24-21-18-15-12-9-3)70-61(65)54-51-48-45-42-39-36-29-26-23-20-17-14-11-8-2/h11,14,20,23,28-30,36,49,52,58-59H,7-10,12-13,15-19,21-22,24-27,31-35,37-48,50-51,53-57H2,1-6H3,(H-,62,64,66,67)/p+1/b14-11+,23-20+,30-28+,36-29+,52-49-. The highest BCUT2D eigenvalue weighted by molar-refractivity contribution is 7.47. The summed E-state index contributed by atoms with van der Waals surface area (Å²) >= 11 is 0. The van der Waals surface area contributed by atoms with E-state index in [1.54, 1.807) is 0 Å². The molecule has 1 amide bonds. The number of hydrogen-bond acceptors (Lipinski definition) is 6. The van der Waals surface area contributed by atoms with Crippen molar-refractivity contribution in [1.29, 1.82) is 0 Å². The first kappa shape index (κ1) is 68.7. The van der Waals surface area contributed by atoms with E-state index in [0.29, 0.717) is 23.9 Å². The molecule has 3 atom stereocenters. The van der Waals surface area contributed by atoms with Gasteiger partial charge < -0.3 is 19.4 Å². The molecule has 0 aliphatic rings. The number of amides is 1. The first-order chi connectivity index (χ1) is 34.4. The van der Waals surface area contributed by atoms with Gasteiger partial charge in [0.1, 0.15) is 19.3 Å². The average Bonchev–Trinajstić information content (AvgIpc) is 3.33.